The topological polar surface area (TPSA) is 155 Å². The molecular formula is C32H33F5N6O7. The van der Waals surface area contributed by atoms with E-state index in [1.165, 1.54) is 61.4 Å². The van der Waals surface area contributed by atoms with E-state index in [4.69, 9.17) is 9.47 Å². The molecule has 3 aromatic heterocycles. The molecule has 1 aromatic carbocycles. The first-order valence-electron chi connectivity index (χ1n) is 15.1. The average Bonchev–Trinajstić information content (AvgIpc) is 3.51. The Balaban J connectivity index is 1.73. The first-order valence-corrected chi connectivity index (χ1v) is 15.1. The van der Waals surface area contributed by atoms with E-state index in [1.807, 2.05) is 5.32 Å². The van der Waals surface area contributed by atoms with Gasteiger partial charge in [-0.2, -0.15) is 13.2 Å². The number of hydrogen-bond acceptors (Lipinski definition) is 9. The minimum atomic E-state index is -4.72. The summed E-state index contributed by atoms with van der Waals surface area (Å²) in [5.74, 6) is -6.45. The number of ether oxygens (including phenoxy) is 2. The van der Waals surface area contributed by atoms with Gasteiger partial charge in [-0.3, -0.25) is 19.0 Å². The van der Waals surface area contributed by atoms with Crippen molar-refractivity contribution in [3.63, 3.8) is 0 Å². The number of carbonyl (C=O) groups excluding carboxylic acids is 3. The number of hydrogen-bond donors (Lipinski definition) is 2. The highest BCUT2D eigenvalue weighted by molar-refractivity contribution is 5.97. The van der Waals surface area contributed by atoms with Gasteiger partial charge in [0.2, 0.25) is 6.29 Å². The summed E-state index contributed by atoms with van der Waals surface area (Å²) in [5, 5.41) is 4.19. The Labute approximate surface area is 280 Å². The number of carbonyl (C=O) groups is 3. The van der Waals surface area contributed by atoms with Gasteiger partial charge in [0.15, 0.2) is 0 Å². The average molecular weight is 709 g/mol. The molecule has 1 unspecified atom stereocenters. The quantitative estimate of drug-likeness (QED) is 0.135. The van der Waals surface area contributed by atoms with Crippen molar-refractivity contribution in [3.8, 4) is 11.1 Å². The molecule has 0 saturated heterocycles. The fourth-order valence-corrected chi connectivity index (χ4v) is 5.31. The molecule has 0 spiro atoms. The number of alkyl halides is 3. The Morgan fingerprint density at radius 1 is 1.02 bits per heavy atom. The van der Waals surface area contributed by atoms with Crippen molar-refractivity contribution >= 4 is 29.2 Å². The summed E-state index contributed by atoms with van der Waals surface area (Å²) in [6.07, 6.45) is -4.13. The smallest absolute Gasteiger partial charge is 0.408 e. The van der Waals surface area contributed by atoms with Gasteiger partial charge in [0, 0.05) is 69.4 Å². The molecule has 0 fully saturated rings. The summed E-state index contributed by atoms with van der Waals surface area (Å²) in [6.45, 7) is 5.07. The van der Waals surface area contributed by atoms with Crippen molar-refractivity contribution in [1.29, 1.82) is 0 Å². The lowest BCUT2D eigenvalue weighted by Crippen LogP contribution is -2.45. The zero-order valence-corrected chi connectivity index (χ0v) is 27.6. The van der Waals surface area contributed by atoms with Crippen molar-refractivity contribution in [2.75, 3.05) is 5.32 Å². The van der Waals surface area contributed by atoms with Crippen LogP contribution >= 0.6 is 0 Å². The highest BCUT2D eigenvalue weighted by Gasteiger charge is 2.38. The van der Waals surface area contributed by atoms with Gasteiger partial charge in [0.25, 0.3) is 11.5 Å². The lowest BCUT2D eigenvalue weighted by Gasteiger charge is -2.23. The van der Waals surface area contributed by atoms with Crippen LogP contribution in [0, 0.1) is 18.6 Å². The summed E-state index contributed by atoms with van der Waals surface area (Å²) in [7, 11) is 2.81. The molecule has 0 aliphatic carbocycles. The van der Waals surface area contributed by atoms with Crippen molar-refractivity contribution in [3.05, 3.63) is 86.1 Å². The minimum absolute atomic E-state index is 0.168. The molecule has 50 heavy (non-hydrogen) atoms. The summed E-state index contributed by atoms with van der Waals surface area (Å²) < 4.78 is 83.6. The van der Waals surface area contributed by atoms with Crippen LogP contribution in [0.15, 0.2) is 46.2 Å². The van der Waals surface area contributed by atoms with E-state index in [2.05, 4.69) is 10.3 Å². The monoisotopic (exact) mass is 708 g/mol. The van der Waals surface area contributed by atoms with Crippen molar-refractivity contribution < 1.29 is 45.8 Å². The van der Waals surface area contributed by atoms with Crippen LogP contribution in [0.25, 0.3) is 16.8 Å². The molecule has 13 nitrogen and oxygen atoms in total. The third-order valence-electron chi connectivity index (χ3n) is 7.89. The van der Waals surface area contributed by atoms with Crippen LogP contribution in [0.3, 0.4) is 0 Å². The van der Waals surface area contributed by atoms with Gasteiger partial charge in [-0.25, -0.2) is 23.4 Å². The van der Waals surface area contributed by atoms with Crippen LogP contribution < -0.4 is 21.9 Å². The zero-order chi connectivity index (χ0) is 37.2. The fraction of sp³-hybridized carbons (Fsp3) is 0.375. The Bertz CT molecular complexity index is 2070. The predicted molar refractivity (Wildman–Crippen MR) is 168 cm³/mol. The molecule has 3 atom stereocenters. The van der Waals surface area contributed by atoms with Crippen LogP contribution in [0.1, 0.15) is 48.9 Å². The van der Waals surface area contributed by atoms with Gasteiger partial charge < -0.3 is 29.1 Å². The van der Waals surface area contributed by atoms with Gasteiger partial charge in [0.05, 0.1) is 5.56 Å². The third-order valence-corrected chi connectivity index (χ3v) is 7.89. The summed E-state index contributed by atoms with van der Waals surface area (Å²) >= 11 is 0. The van der Waals surface area contributed by atoms with Gasteiger partial charge in [0.1, 0.15) is 34.9 Å². The zero-order valence-electron chi connectivity index (χ0n) is 27.6. The standard InChI is InChI=1S/C32H33F5N6O7/c1-7-24(32(35,36)37)39-18-12-21(33)26(22(34)13-18)28(45)40-23(30(47)50-17(4)49-16(3)44)14-19-8-9-20(27-38-10-11-43(19)27)25-15(2)41(5)31(48)42(6)29(25)46/h8-13,17,23-24,39H,7,14H2,1-6H3,(H,40,45)/t17?,23-,24+/m0/s1. The van der Waals surface area contributed by atoms with Gasteiger partial charge >= 0.3 is 23.8 Å². The second-order valence-electron chi connectivity index (χ2n) is 11.3. The maximum absolute atomic E-state index is 15.1. The number of anilines is 1. The third kappa shape index (κ3) is 7.68. The molecule has 4 rings (SSSR count). The highest BCUT2D eigenvalue weighted by Crippen LogP contribution is 2.28. The first kappa shape index (κ1) is 37.3. The second kappa shape index (κ2) is 14.5. The Morgan fingerprint density at radius 3 is 2.24 bits per heavy atom. The maximum Gasteiger partial charge on any atom is 0.408 e. The lowest BCUT2D eigenvalue weighted by molar-refractivity contribution is -0.184. The number of esters is 2. The van der Waals surface area contributed by atoms with E-state index in [1.54, 1.807) is 6.92 Å². The number of pyridine rings is 1. The number of amides is 1. The van der Waals surface area contributed by atoms with E-state index in [9.17, 15) is 37.1 Å². The van der Waals surface area contributed by atoms with E-state index in [0.29, 0.717) is 23.4 Å². The van der Waals surface area contributed by atoms with Crippen molar-refractivity contribution in [2.45, 2.75) is 65.1 Å². The van der Waals surface area contributed by atoms with E-state index >= 15 is 8.78 Å². The number of nitrogens with one attached hydrogen (secondary N) is 2. The lowest BCUT2D eigenvalue weighted by atomic mass is 10.0. The SMILES string of the molecule is CC[C@@H](Nc1cc(F)c(C(=O)N[C@@H](Cc2ccc(-c3c(C)n(C)c(=O)n(C)c3=O)c3nccn23)C(=O)OC(C)OC(C)=O)c(F)c1)C(F)(F)F. The van der Waals surface area contributed by atoms with Crippen molar-refractivity contribution in [1.82, 2.24) is 23.8 Å². The number of fused-ring (bicyclic) bond motifs is 1. The molecule has 0 radical (unpaired) electrons. The minimum Gasteiger partial charge on any atom is -0.426 e. The fourth-order valence-electron chi connectivity index (χ4n) is 5.31. The molecule has 18 heteroatoms. The maximum atomic E-state index is 15.1. The van der Waals surface area contributed by atoms with Gasteiger partial charge in [-0.1, -0.05) is 6.92 Å². The number of rotatable bonds is 11. The number of imidazole rings is 1. The molecule has 0 aliphatic rings. The molecule has 3 heterocycles. The van der Waals surface area contributed by atoms with Gasteiger partial charge in [-0.15, -0.1) is 0 Å². The number of nitrogens with zero attached hydrogens (tertiary/aromatic N) is 4. The molecule has 4 aromatic rings. The van der Waals surface area contributed by atoms with Crippen LogP contribution in [0.5, 0.6) is 0 Å². The molecule has 1 amide bonds. The highest BCUT2D eigenvalue weighted by atomic mass is 19.4. The van der Waals surface area contributed by atoms with Crippen LogP contribution in [-0.2, 0) is 39.6 Å². The Hall–Kier alpha value is -5.55. The number of benzene rings is 1. The molecule has 0 aliphatic heterocycles. The predicted octanol–water partition coefficient (Wildman–Crippen LogP) is 3.53. The molecule has 2 N–H and O–H groups in total. The molecular weight excluding hydrogens is 675 g/mol. The molecule has 0 bridgehead atoms. The summed E-state index contributed by atoms with van der Waals surface area (Å²) in [6, 6.07) is 0.223. The van der Waals surface area contributed by atoms with Crippen LogP contribution in [-0.4, -0.2) is 60.9 Å². The molecule has 268 valence electrons. The normalized spacial score (nSPS) is 13.4. The molecule has 0 saturated carbocycles. The number of aromatic nitrogens is 4. The summed E-state index contributed by atoms with van der Waals surface area (Å²) in [4.78, 5) is 67.9. The van der Waals surface area contributed by atoms with E-state index in [-0.39, 0.29) is 16.9 Å². The van der Waals surface area contributed by atoms with Crippen LogP contribution in [0.4, 0.5) is 27.6 Å². The van der Waals surface area contributed by atoms with E-state index < -0.39 is 89.4 Å². The van der Waals surface area contributed by atoms with Crippen LogP contribution in [0.2, 0.25) is 0 Å². The Kier molecular flexibility index (Phi) is 10.8. The largest absolute Gasteiger partial charge is 0.426 e. The second-order valence-corrected chi connectivity index (χ2v) is 11.3. The van der Waals surface area contributed by atoms with Crippen molar-refractivity contribution in [2.24, 2.45) is 14.1 Å². The Morgan fingerprint density at radius 2 is 1.66 bits per heavy atom. The first-order chi connectivity index (χ1) is 23.3. The van der Waals surface area contributed by atoms with E-state index in [0.717, 1.165) is 11.5 Å². The van der Waals surface area contributed by atoms with Gasteiger partial charge in [-0.05, 0) is 37.6 Å². The summed E-state index contributed by atoms with van der Waals surface area (Å²) in [5.41, 5.74) is -1.56. The number of halogens is 5.